The molecule has 2 aromatic carbocycles. The molecule has 2 heterocycles. The molecule has 27 heavy (non-hydrogen) atoms. The first kappa shape index (κ1) is 17.2. The van der Waals surface area contributed by atoms with Gasteiger partial charge in [0.05, 0.1) is 25.7 Å². The first-order valence-electron chi connectivity index (χ1n) is 8.79. The number of carbonyl (C=O) groups is 1. The smallest absolute Gasteiger partial charge is 0.227 e. The summed E-state index contributed by atoms with van der Waals surface area (Å²) in [5.74, 6) is 2.71. The lowest BCUT2D eigenvalue weighted by atomic mass is 9.96. The molecule has 7 heteroatoms. The summed E-state index contributed by atoms with van der Waals surface area (Å²) in [6.07, 6.45) is 0.769. The molecule has 1 fully saturated rings. The number of rotatable bonds is 6. The minimum atomic E-state index is -0.183. The minimum absolute atomic E-state index is 0.0421. The second-order valence-electron chi connectivity index (χ2n) is 6.36. The van der Waals surface area contributed by atoms with Crippen molar-refractivity contribution in [3.8, 4) is 17.2 Å². The monoisotopic (exact) mass is 367 g/mol. The van der Waals surface area contributed by atoms with Crippen molar-refractivity contribution in [2.24, 2.45) is 0 Å². The van der Waals surface area contributed by atoms with Crippen molar-refractivity contribution >= 4 is 16.9 Å². The molecular formula is C20H21N3O4. The summed E-state index contributed by atoms with van der Waals surface area (Å²) in [4.78, 5) is 20.1. The predicted octanol–water partition coefficient (Wildman–Crippen LogP) is 2.76. The molecule has 1 atom stereocenters. The maximum atomic E-state index is 12.1. The molecule has 0 radical (unpaired) electrons. The van der Waals surface area contributed by atoms with E-state index in [4.69, 9.17) is 14.2 Å². The third-order valence-electron chi connectivity index (χ3n) is 4.77. The number of amides is 1. The molecule has 1 aromatic heterocycles. The Morgan fingerprint density at radius 1 is 1.07 bits per heavy atom. The third kappa shape index (κ3) is 3.28. The van der Waals surface area contributed by atoms with E-state index in [0.29, 0.717) is 18.1 Å². The minimum Gasteiger partial charge on any atom is -0.497 e. The van der Waals surface area contributed by atoms with Crippen LogP contribution in [-0.4, -0.2) is 36.6 Å². The second kappa shape index (κ2) is 7.19. The van der Waals surface area contributed by atoms with Gasteiger partial charge in [-0.25, -0.2) is 4.98 Å². The second-order valence-corrected chi connectivity index (χ2v) is 6.36. The number of benzene rings is 2. The third-order valence-corrected chi connectivity index (χ3v) is 4.77. The molecule has 0 aliphatic carbocycles. The zero-order valence-corrected chi connectivity index (χ0v) is 15.2. The van der Waals surface area contributed by atoms with E-state index in [1.165, 1.54) is 0 Å². The van der Waals surface area contributed by atoms with Gasteiger partial charge in [0.1, 0.15) is 35.2 Å². The lowest BCUT2D eigenvalue weighted by Crippen LogP contribution is -2.18. The number of imidazole rings is 1. The molecule has 1 aliphatic heterocycles. The SMILES string of the molecule is COc1ccc(OCc2nc3c(C4CCNC4=O)ccc(OC)c3[nH]2)cc1. The molecule has 0 saturated carbocycles. The average molecular weight is 367 g/mol. The highest BCUT2D eigenvalue weighted by atomic mass is 16.5. The molecule has 4 rings (SSSR count). The lowest BCUT2D eigenvalue weighted by molar-refractivity contribution is -0.120. The number of methoxy groups -OCH3 is 2. The zero-order chi connectivity index (χ0) is 18.8. The fraction of sp³-hybridized carbons (Fsp3) is 0.300. The van der Waals surface area contributed by atoms with Crippen LogP contribution < -0.4 is 19.5 Å². The van der Waals surface area contributed by atoms with E-state index in [1.54, 1.807) is 14.2 Å². The van der Waals surface area contributed by atoms with E-state index in [9.17, 15) is 4.79 Å². The standard InChI is InChI=1S/C20H21N3O4/c1-25-12-3-5-13(6-4-12)27-11-17-22-18-14(15-9-10-21-20(15)24)7-8-16(26-2)19(18)23-17/h3-8,15H,9-11H2,1-2H3,(H,21,24)(H,22,23). The van der Waals surface area contributed by atoms with Crippen molar-refractivity contribution in [1.29, 1.82) is 0 Å². The number of aromatic nitrogens is 2. The fourth-order valence-corrected chi connectivity index (χ4v) is 3.37. The van der Waals surface area contributed by atoms with Crippen LogP contribution in [0.2, 0.25) is 0 Å². The average Bonchev–Trinajstić information content (AvgIpc) is 3.32. The number of ether oxygens (including phenoxy) is 3. The van der Waals surface area contributed by atoms with E-state index < -0.39 is 0 Å². The molecule has 2 N–H and O–H groups in total. The Bertz CT molecular complexity index is 965. The summed E-state index contributed by atoms with van der Waals surface area (Å²) in [6, 6.07) is 11.2. The van der Waals surface area contributed by atoms with Gasteiger partial charge in [-0.3, -0.25) is 4.79 Å². The van der Waals surface area contributed by atoms with Crippen molar-refractivity contribution in [2.45, 2.75) is 18.9 Å². The van der Waals surface area contributed by atoms with Crippen molar-refractivity contribution in [3.05, 3.63) is 47.8 Å². The van der Waals surface area contributed by atoms with Crippen molar-refractivity contribution < 1.29 is 19.0 Å². The normalized spacial score (nSPS) is 16.4. The summed E-state index contributed by atoms with van der Waals surface area (Å²) >= 11 is 0. The Labute approximate surface area is 156 Å². The quantitative estimate of drug-likeness (QED) is 0.700. The van der Waals surface area contributed by atoms with Crippen molar-refractivity contribution in [1.82, 2.24) is 15.3 Å². The number of nitrogens with zero attached hydrogens (tertiary/aromatic N) is 1. The van der Waals surface area contributed by atoms with E-state index >= 15 is 0 Å². The van der Waals surface area contributed by atoms with Gasteiger partial charge in [0.2, 0.25) is 5.91 Å². The molecule has 1 amide bonds. The maximum Gasteiger partial charge on any atom is 0.227 e. The molecular weight excluding hydrogens is 346 g/mol. The maximum absolute atomic E-state index is 12.1. The highest BCUT2D eigenvalue weighted by molar-refractivity contribution is 5.93. The Kier molecular flexibility index (Phi) is 4.58. The summed E-state index contributed by atoms with van der Waals surface area (Å²) in [5.41, 5.74) is 2.44. The van der Waals surface area contributed by atoms with E-state index in [0.717, 1.165) is 34.5 Å². The molecule has 3 aromatic rings. The van der Waals surface area contributed by atoms with Crippen LogP contribution in [0.25, 0.3) is 11.0 Å². The van der Waals surface area contributed by atoms with Gasteiger partial charge < -0.3 is 24.5 Å². The Hall–Kier alpha value is -3.22. The first-order chi connectivity index (χ1) is 13.2. The van der Waals surface area contributed by atoms with E-state index in [-0.39, 0.29) is 18.4 Å². The largest absolute Gasteiger partial charge is 0.497 e. The number of hydrogen-bond donors (Lipinski definition) is 2. The topological polar surface area (TPSA) is 85.5 Å². The van der Waals surface area contributed by atoms with Gasteiger partial charge in [-0.15, -0.1) is 0 Å². The summed E-state index contributed by atoms with van der Waals surface area (Å²) in [5, 5.41) is 2.88. The van der Waals surface area contributed by atoms with E-state index in [1.807, 2.05) is 36.4 Å². The van der Waals surface area contributed by atoms with Crippen LogP contribution in [0.1, 0.15) is 23.7 Å². The predicted molar refractivity (Wildman–Crippen MR) is 100 cm³/mol. The number of H-pyrrole nitrogens is 1. The number of carbonyl (C=O) groups excluding carboxylic acids is 1. The molecule has 7 nitrogen and oxygen atoms in total. The fourth-order valence-electron chi connectivity index (χ4n) is 3.37. The van der Waals surface area contributed by atoms with Gasteiger partial charge in [-0.2, -0.15) is 0 Å². The number of hydrogen-bond acceptors (Lipinski definition) is 5. The molecule has 1 saturated heterocycles. The van der Waals surface area contributed by atoms with Gasteiger partial charge in [0, 0.05) is 6.54 Å². The van der Waals surface area contributed by atoms with Gasteiger partial charge in [0.25, 0.3) is 0 Å². The highest BCUT2D eigenvalue weighted by Crippen LogP contribution is 2.34. The zero-order valence-electron chi connectivity index (χ0n) is 15.2. The molecule has 0 bridgehead atoms. The van der Waals surface area contributed by atoms with Gasteiger partial charge in [-0.1, -0.05) is 6.07 Å². The van der Waals surface area contributed by atoms with Crippen molar-refractivity contribution in [2.75, 3.05) is 20.8 Å². The Morgan fingerprint density at radius 2 is 1.85 bits per heavy atom. The summed E-state index contributed by atoms with van der Waals surface area (Å²) < 4.78 is 16.4. The van der Waals surface area contributed by atoms with Crippen LogP contribution >= 0.6 is 0 Å². The molecule has 1 unspecified atom stereocenters. The van der Waals surface area contributed by atoms with E-state index in [2.05, 4.69) is 15.3 Å². The highest BCUT2D eigenvalue weighted by Gasteiger charge is 2.29. The van der Waals surface area contributed by atoms with Crippen LogP contribution in [0.15, 0.2) is 36.4 Å². The van der Waals surface area contributed by atoms with Crippen LogP contribution in [0, 0.1) is 0 Å². The Balaban J connectivity index is 1.62. The van der Waals surface area contributed by atoms with Crippen LogP contribution in [0.5, 0.6) is 17.2 Å². The van der Waals surface area contributed by atoms with Crippen molar-refractivity contribution in [3.63, 3.8) is 0 Å². The van der Waals surface area contributed by atoms with Gasteiger partial charge in [-0.05, 0) is 42.3 Å². The molecule has 1 aliphatic rings. The number of nitrogens with one attached hydrogen (secondary N) is 2. The summed E-state index contributed by atoms with van der Waals surface area (Å²) in [6.45, 7) is 0.968. The van der Waals surface area contributed by atoms with Gasteiger partial charge in [0.15, 0.2) is 0 Å². The van der Waals surface area contributed by atoms with Crippen LogP contribution in [0.4, 0.5) is 0 Å². The van der Waals surface area contributed by atoms with Crippen LogP contribution in [-0.2, 0) is 11.4 Å². The molecule has 0 spiro atoms. The number of fused-ring (bicyclic) bond motifs is 1. The Morgan fingerprint density at radius 3 is 2.52 bits per heavy atom. The van der Waals surface area contributed by atoms with Crippen LogP contribution in [0.3, 0.4) is 0 Å². The van der Waals surface area contributed by atoms with Gasteiger partial charge >= 0.3 is 0 Å². The summed E-state index contributed by atoms with van der Waals surface area (Å²) in [7, 11) is 3.24. The molecule has 140 valence electrons. The number of aromatic amines is 1. The lowest BCUT2D eigenvalue weighted by Gasteiger charge is -2.09. The first-order valence-corrected chi connectivity index (χ1v) is 8.79.